The second kappa shape index (κ2) is 5.39. The Hall–Kier alpha value is -2.64. The van der Waals surface area contributed by atoms with Crippen LogP contribution in [0.3, 0.4) is 0 Å². The van der Waals surface area contributed by atoms with Crippen LogP contribution in [0.5, 0.6) is 11.6 Å². The Morgan fingerprint density at radius 2 is 1.90 bits per heavy atom. The van der Waals surface area contributed by atoms with E-state index in [2.05, 4.69) is 4.98 Å². The molecule has 2 aromatic rings. The first kappa shape index (κ1) is 14.8. The molecule has 0 bridgehead atoms. The number of aromatic nitrogens is 1. The number of hydrogen-bond donors (Lipinski definition) is 1. The van der Waals surface area contributed by atoms with E-state index in [0.717, 1.165) is 6.07 Å². The Morgan fingerprint density at radius 3 is 2.52 bits per heavy atom. The number of nitrogens with two attached hydrogens (primary N) is 1. The topological polar surface area (TPSA) is 65.2 Å². The number of benzene rings is 1. The van der Waals surface area contributed by atoms with Gasteiger partial charge in [0, 0.05) is 6.07 Å². The van der Waals surface area contributed by atoms with Crippen molar-refractivity contribution in [1.29, 1.82) is 0 Å². The largest absolute Gasteiger partial charge is 0.439 e. The van der Waals surface area contributed by atoms with Crippen molar-refractivity contribution in [1.82, 2.24) is 4.98 Å². The maximum absolute atomic E-state index is 13.1. The monoisotopic (exact) mass is 300 g/mol. The molecule has 0 atom stereocenters. The highest BCUT2D eigenvalue weighted by Crippen LogP contribution is 2.34. The third kappa shape index (κ3) is 3.47. The van der Waals surface area contributed by atoms with E-state index < -0.39 is 23.5 Å². The van der Waals surface area contributed by atoms with E-state index in [1.807, 2.05) is 0 Å². The average Bonchev–Trinajstić information content (AvgIpc) is 2.40. The molecule has 4 nitrogen and oxygen atoms in total. The Balaban J connectivity index is 2.32. The number of amides is 1. The summed E-state index contributed by atoms with van der Waals surface area (Å²) < 4.78 is 55.9. The predicted molar refractivity (Wildman–Crippen MR) is 64.2 cm³/mol. The number of carbonyl (C=O) groups is 1. The first-order valence-corrected chi connectivity index (χ1v) is 5.59. The number of nitrogens with zero attached hydrogens (tertiary/aromatic N) is 1. The molecule has 0 aliphatic carbocycles. The summed E-state index contributed by atoms with van der Waals surface area (Å²) in [5.41, 5.74) is 3.46. The van der Waals surface area contributed by atoms with Gasteiger partial charge < -0.3 is 10.5 Å². The highest BCUT2D eigenvalue weighted by atomic mass is 19.4. The Morgan fingerprint density at radius 1 is 1.19 bits per heavy atom. The molecular weight excluding hydrogens is 292 g/mol. The van der Waals surface area contributed by atoms with Crippen molar-refractivity contribution >= 4 is 5.91 Å². The van der Waals surface area contributed by atoms with Gasteiger partial charge in [-0.05, 0) is 24.3 Å². The number of pyridine rings is 1. The molecule has 0 aliphatic heterocycles. The zero-order valence-electron chi connectivity index (χ0n) is 10.3. The normalized spacial score (nSPS) is 11.2. The van der Waals surface area contributed by atoms with Crippen molar-refractivity contribution in [2.75, 3.05) is 0 Å². The lowest BCUT2D eigenvalue weighted by Gasteiger charge is -2.10. The number of halogens is 4. The fourth-order valence-corrected chi connectivity index (χ4v) is 1.51. The van der Waals surface area contributed by atoms with Crippen LogP contribution >= 0.6 is 0 Å². The second-order valence-corrected chi connectivity index (χ2v) is 3.97. The maximum Gasteiger partial charge on any atom is 0.419 e. The SMILES string of the molecule is NC(=O)c1cccc(Oc2ccc(F)c(C(F)(F)F)c2)n1. The summed E-state index contributed by atoms with van der Waals surface area (Å²) in [6.45, 7) is 0. The van der Waals surface area contributed by atoms with Crippen LogP contribution in [0.4, 0.5) is 17.6 Å². The van der Waals surface area contributed by atoms with Crippen LogP contribution in [0.1, 0.15) is 16.1 Å². The summed E-state index contributed by atoms with van der Waals surface area (Å²) >= 11 is 0. The van der Waals surface area contributed by atoms with Crippen molar-refractivity contribution in [3.8, 4) is 11.6 Å². The van der Waals surface area contributed by atoms with Gasteiger partial charge in [0.2, 0.25) is 5.88 Å². The van der Waals surface area contributed by atoms with Crippen LogP contribution < -0.4 is 10.5 Å². The molecule has 8 heteroatoms. The number of hydrogen-bond acceptors (Lipinski definition) is 3. The summed E-state index contributed by atoms with van der Waals surface area (Å²) in [7, 11) is 0. The van der Waals surface area contributed by atoms with Crippen molar-refractivity contribution in [2.24, 2.45) is 5.73 Å². The number of ether oxygens (including phenoxy) is 1. The zero-order valence-corrected chi connectivity index (χ0v) is 10.3. The van der Waals surface area contributed by atoms with Gasteiger partial charge in [-0.15, -0.1) is 0 Å². The first-order chi connectivity index (χ1) is 9.77. The molecule has 110 valence electrons. The third-order valence-electron chi connectivity index (χ3n) is 2.44. The predicted octanol–water partition coefficient (Wildman–Crippen LogP) is 3.13. The summed E-state index contributed by atoms with van der Waals surface area (Å²) in [6.07, 6.45) is -4.84. The van der Waals surface area contributed by atoms with Gasteiger partial charge in [-0.3, -0.25) is 4.79 Å². The molecule has 21 heavy (non-hydrogen) atoms. The molecule has 0 spiro atoms. The van der Waals surface area contributed by atoms with E-state index in [-0.39, 0.29) is 17.3 Å². The summed E-state index contributed by atoms with van der Waals surface area (Å²) in [4.78, 5) is 14.7. The number of rotatable bonds is 3. The highest BCUT2D eigenvalue weighted by Gasteiger charge is 2.34. The molecule has 0 saturated carbocycles. The van der Waals surface area contributed by atoms with Gasteiger partial charge in [0.1, 0.15) is 17.3 Å². The molecule has 1 amide bonds. The minimum Gasteiger partial charge on any atom is -0.439 e. The molecule has 0 saturated heterocycles. The smallest absolute Gasteiger partial charge is 0.419 e. The summed E-state index contributed by atoms with van der Waals surface area (Å²) in [5, 5.41) is 0. The Labute approximate surface area is 116 Å². The molecule has 2 rings (SSSR count). The summed E-state index contributed by atoms with van der Waals surface area (Å²) in [6, 6.07) is 6.20. The van der Waals surface area contributed by atoms with Crippen molar-refractivity contribution in [2.45, 2.75) is 6.18 Å². The van der Waals surface area contributed by atoms with Crippen LogP contribution in [0.25, 0.3) is 0 Å². The molecule has 0 radical (unpaired) electrons. The van der Waals surface area contributed by atoms with Gasteiger partial charge in [-0.2, -0.15) is 13.2 Å². The molecular formula is C13H8F4N2O2. The molecule has 1 aromatic carbocycles. The Bertz CT molecular complexity index is 686. The van der Waals surface area contributed by atoms with E-state index in [1.165, 1.54) is 18.2 Å². The van der Waals surface area contributed by atoms with E-state index in [0.29, 0.717) is 12.1 Å². The van der Waals surface area contributed by atoms with E-state index in [9.17, 15) is 22.4 Å². The number of primary amides is 1. The molecule has 0 unspecified atom stereocenters. The van der Waals surface area contributed by atoms with Crippen molar-refractivity contribution < 1.29 is 27.1 Å². The van der Waals surface area contributed by atoms with Crippen molar-refractivity contribution in [3.05, 3.63) is 53.5 Å². The third-order valence-corrected chi connectivity index (χ3v) is 2.44. The van der Waals surface area contributed by atoms with Gasteiger partial charge in [0.05, 0.1) is 5.56 Å². The van der Waals surface area contributed by atoms with E-state index in [4.69, 9.17) is 10.5 Å². The molecule has 1 heterocycles. The fraction of sp³-hybridized carbons (Fsp3) is 0.0769. The minimum atomic E-state index is -4.84. The molecule has 1 aromatic heterocycles. The lowest BCUT2D eigenvalue weighted by Crippen LogP contribution is -2.13. The standard InChI is InChI=1S/C13H8F4N2O2/c14-9-5-4-7(6-8(9)13(15,16)17)21-11-3-1-2-10(19-11)12(18)20/h1-6H,(H2,18,20). The van der Waals surface area contributed by atoms with Gasteiger partial charge in [-0.1, -0.05) is 6.07 Å². The zero-order chi connectivity index (χ0) is 15.6. The number of carbonyl (C=O) groups excluding carboxylic acids is 1. The van der Waals surface area contributed by atoms with Crippen LogP contribution in [0.15, 0.2) is 36.4 Å². The number of alkyl halides is 3. The van der Waals surface area contributed by atoms with Crippen molar-refractivity contribution in [3.63, 3.8) is 0 Å². The maximum atomic E-state index is 13.1. The van der Waals surface area contributed by atoms with E-state index in [1.54, 1.807) is 0 Å². The van der Waals surface area contributed by atoms with Gasteiger partial charge in [-0.25, -0.2) is 9.37 Å². The van der Waals surface area contributed by atoms with Crippen LogP contribution in [0, 0.1) is 5.82 Å². The molecule has 2 N–H and O–H groups in total. The van der Waals surface area contributed by atoms with Crippen LogP contribution in [-0.4, -0.2) is 10.9 Å². The van der Waals surface area contributed by atoms with Gasteiger partial charge in [0.25, 0.3) is 5.91 Å². The van der Waals surface area contributed by atoms with Gasteiger partial charge in [0.15, 0.2) is 0 Å². The average molecular weight is 300 g/mol. The lowest BCUT2D eigenvalue weighted by molar-refractivity contribution is -0.140. The molecule has 0 fully saturated rings. The van der Waals surface area contributed by atoms with Crippen LogP contribution in [-0.2, 0) is 6.18 Å². The minimum absolute atomic E-state index is 0.106. The van der Waals surface area contributed by atoms with Crippen LogP contribution in [0.2, 0.25) is 0 Å². The summed E-state index contributed by atoms with van der Waals surface area (Å²) in [5.74, 6) is -2.62. The first-order valence-electron chi connectivity index (χ1n) is 5.59. The second-order valence-electron chi connectivity index (χ2n) is 3.97. The highest BCUT2D eigenvalue weighted by molar-refractivity contribution is 5.90. The quantitative estimate of drug-likeness (QED) is 0.886. The lowest BCUT2D eigenvalue weighted by atomic mass is 10.2. The Kier molecular flexibility index (Phi) is 3.79. The van der Waals surface area contributed by atoms with Gasteiger partial charge >= 0.3 is 6.18 Å². The molecule has 0 aliphatic rings. The fourth-order valence-electron chi connectivity index (χ4n) is 1.51. The van der Waals surface area contributed by atoms with E-state index >= 15 is 0 Å².